The molecule has 0 saturated carbocycles. The molecule has 2 N–H and O–H groups in total. The molecule has 2 heterocycles. The summed E-state index contributed by atoms with van der Waals surface area (Å²) in [5.74, 6) is 0.278. The van der Waals surface area contributed by atoms with Crippen molar-refractivity contribution in [2.75, 3.05) is 18.4 Å². The van der Waals surface area contributed by atoms with Gasteiger partial charge in [0.2, 0.25) is 5.91 Å². The fourth-order valence-electron chi connectivity index (χ4n) is 3.33. The molecule has 2 aromatic rings. The van der Waals surface area contributed by atoms with E-state index in [0.717, 1.165) is 12.8 Å². The number of carbonyl (C=O) groups is 3. The summed E-state index contributed by atoms with van der Waals surface area (Å²) < 4.78 is 5.05. The maximum atomic E-state index is 12.5. The van der Waals surface area contributed by atoms with Crippen molar-refractivity contribution in [3.63, 3.8) is 0 Å². The molecule has 3 amide bonds. The topological polar surface area (TPSA) is 91.7 Å². The number of hydrogen-bond donors (Lipinski definition) is 2. The highest BCUT2D eigenvalue weighted by atomic mass is 16.3. The van der Waals surface area contributed by atoms with Gasteiger partial charge >= 0.3 is 0 Å². The number of piperidine rings is 1. The largest absolute Gasteiger partial charge is 0.459 e. The Morgan fingerprint density at radius 2 is 1.76 bits per heavy atom. The molecule has 29 heavy (non-hydrogen) atoms. The van der Waals surface area contributed by atoms with Crippen molar-refractivity contribution in [3.8, 4) is 0 Å². The third-order valence-corrected chi connectivity index (χ3v) is 4.92. The second kappa shape index (κ2) is 9.41. The van der Waals surface area contributed by atoms with Crippen LogP contribution in [0.4, 0.5) is 5.69 Å². The van der Waals surface area contributed by atoms with Crippen LogP contribution in [0.2, 0.25) is 0 Å². The van der Waals surface area contributed by atoms with Gasteiger partial charge in [-0.25, -0.2) is 0 Å². The Morgan fingerprint density at radius 3 is 2.34 bits per heavy atom. The van der Waals surface area contributed by atoms with Crippen molar-refractivity contribution in [3.05, 3.63) is 54.0 Å². The predicted octanol–water partition coefficient (Wildman–Crippen LogP) is 3.30. The fraction of sp³-hybridized carbons (Fsp3) is 0.409. The van der Waals surface area contributed by atoms with Crippen LogP contribution < -0.4 is 10.6 Å². The quantitative estimate of drug-likeness (QED) is 0.782. The van der Waals surface area contributed by atoms with E-state index in [1.165, 1.54) is 6.26 Å². The average molecular weight is 397 g/mol. The summed E-state index contributed by atoms with van der Waals surface area (Å²) in [4.78, 5) is 38.5. The van der Waals surface area contributed by atoms with Crippen LogP contribution in [0.5, 0.6) is 0 Å². The minimum atomic E-state index is -0.342. The second-order valence-electron chi connectivity index (χ2n) is 7.74. The van der Waals surface area contributed by atoms with Gasteiger partial charge in [-0.05, 0) is 55.2 Å². The molecule has 0 aliphatic carbocycles. The molecule has 1 aliphatic heterocycles. The maximum Gasteiger partial charge on any atom is 0.291 e. The SMILES string of the molecule is CC(C)CC(=O)N1CCC(NC(=O)c2ccc(NC(=O)c3ccco3)cc2)CC1. The van der Waals surface area contributed by atoms with E-state index in [1.54, 1.807) is 36.4 Å². The van der Waals surface area contributed by atoms with Crippen LogP contribution in [0.15, 0.2) is 47.1 Å². The van der Waals surface area contributed by atoms with Crippen LogP contribution in [0.1, 0.15) is 54.0 Å². The number of anilines is 1. The summed E-state index contributed by atoms with van der Waals surface area (Å²) in [6.45, 7) is 5.43. The van der Waals surface area contributed by atoms with E-state index in [2.05, 4.69) is 10.6 Å². The molecule has 1 aliphatic rings. The van der Waals surface area contributed by atoms with Crippen molar-refractivity contribution < 1.29 is 18.8 Å². The monoisotopic (exact) mass is 397 g/mol. The van der Waals surface area contributed by atoms with Crippen LogP contribution in [0, 0.1) is 5.92 Å². The molecular formula is C22H27N3O4. The zero-order valence-electron chi connectivity index (χ0n) is 16.8. The molecule has 0 spiro atoms. The lowest BCUT2D eigenvalue weighted by Crippen LogP contribution is -2.46. The molecule has 1 saturated heterocycles. The number of hydrogen-bond acceptors (Lipinski definition) is 4. The summed E-state index contributed by atoms with van der Waals surface area (Å²) in [5.41, 5.74) is 1.11. The Labute approximate surface area is 170 Å². The van der Waals surface area contributed by atoms with Gasteiger partial charge in [0.25, 0.3) is 11.8 Å². The first kappa shape index (κ1) is 20.6. The standard InChI is InChI=1S/C22H27N3O4/c1-15(2)14-20(26)25-11-9-18(10-12-25)23-21(27)16-5-7-17(8-6-16)24-22(28)19-4-3-13-29-19/h3-8,13,15,18H,9-12,14H2,1-2H3,(H,23,27)(H,24,28). The molecule has 0 radical (unpaired) electrons. The Hall–Kier alpha value is -3.09. The molecule has 154 valence electrons. The molecule has 7 heteroatoms. The highest BCUT2D eigenvalue weighted by Gasteiger charge is 2.24. The van der Waals surface area contributed by atoms with Gasteiger partial charge in [-0.1, -0.05) is 13.8 Å². The molecule has 1 fully saturated rings. The van der Waals surface area contributed by atoms with Crippen molar-refractivity contribution in [2.45, 2.75) is 39.2 Å². The van der Waals surface area contributed by atoms with Gasteiger partial charge in [-0.3, -0.25) is 14.4 Å². The van der Waals surface area contributed by atoms with Crippen LogP contribution in [0.3, 0.4) is 0 Å². The zero-order chi connectivity index (χ0) is 20.8. The summed E-state index contributed by atoms with van der Waals surface area (Å²) in [7, 11) is 0. The van der Waals surface area contributed by atoms with E-state index in [1.807, 2.05) is 18.7 Å². The summed E-state index contributed by atoms with van der Waals surface area (Å²) in [5, 5.41) is 5.76. The number of rotatable bonds is 6. The van der Waals surface area contributed by atoms with E-state index >= 15 is 0 Å². The van der Waals surface area contributed by atoms with E-state index in [-0.39, 0.29) is 29.5 Å². The predicted molar refractivity (Wildman–Crippen MR) is 110 cm³/mol. The molecule has 1 aromatic carbocycles. The smallest absolute Gasteiger partial charge is 0.291 e. The van der Waals surface area contributed by atoms with Crippen LogP contribution in [-0.4, -0.2) is 41.8 Å². The normalized spacial score (nSPS) is 14.7. The minimum Gasteiger partial charge on any atom is -0.459 e. The highest BCUT2D eigenvalue weighted by Crippen LogP contribution is 2.16. The number of amides is 3. The lowest BCUT2D eigenvalue weighted by Gasteiger charge is -2.32. The highest BCUT2D eigenvalue weighted by molar-refractivity contribution is 6.02. The Balaban J connectivity index is 1.47. The van der Waals surface area contributed by atoms with Crippen LogP contribution >= 0.6 is 0 Å². The Bertz CT molecular complexity index is 835. The first-order chi connectivity index (χ1) is 13.9. The number of benzene rings is 1. The third-order valence-electron chi connectivity index (χ3n) is 4.92. The molecule has 1 aromatic heterocycles. The molecule has 0 atom stereocenters. The zero-order valence-corrected chi connectivity index (χ0v) is 16.8. The van der Waals surface area contributed by atoms with Gasteiger partial charge in [-0.2, -0.15) is 0 Å². The van der Waals surface area contributed by atoms with Gasteiger partial charge in [0.1, 0.15) is 0 Å². The van der Waals surface area contributed by atoms with E-state index < -0.39 is 0 Å². The van der Waals surface area contributed by atoms with Crippen molar-refractivity contribution in [1.82, 2.24) is 10.2 Å². The second-order valence-corrected chi connectivity index (χ2v) is 7.74. The van der Waals surface area contributed by atoms with Crippen LogP contribution in [-0.2, 0) is 4.79 Å². The van der Waals surface area contributed by atoms with E-state index in [0.29, 0.717) is 36.7 Å². The number of furan rings is 1. The average Bonchev–Trinajstić information content (AvgIpc) is 3.23. The number of nitrogens with zero attached hydrogens (tertiary/aromatic N) is 1. The molecule has 7 nitrogen and oxygen atoms in total. The van der Waals surface area contributed by atoms with Crippen LogP contribution in [0.25, 0.3) is 0 Å². The number of nitrogens with one attached hydrogen (secondary N) is 2. The molecule has 0 bridgehead atoms. The summed E-state index contributed by atoms with van der Waals surface area (Å²) in [6, 6.07) is 10.0. The number of carbonyl (C=O) groups excluding carboxylic acids is 3. The van der Waals surface area contributed by atoms with Gasteiger partial charge in [0, 0.05) is 36.8 Å². The lowest BCUT2D eigenvalue weighted by atomic mass is 10.0. The van der Waals surface area contributed by atoms with Crippen molar-refractivity contribution in [1.29, 1.82) is 0 Å². The van der Waals surface area contributed by atoms with Gasteiger partial charge in [0.05, 0.1) is 6.26 Å². The maximum absolute atomic E-state index is 12.5. The molecule has 3 rings (SSSR count). The fourth-order valence-corrected chi connectivity index (χ4v) is 3.33. The van der Waals surface area contributed by atoms with E-state index in [9.17, 15) is 14.4 Å². The summed E-state index contributed by atoms with van der Waals surface area (Å²) >= 11 is 0. The molecule has 0 unspecified atom stereocenters. The first-order valence-electron chi connectivity index (χ1n) is 9.96. The Morgan fingerprint density at radius 1 is 1.07 bits per heavy atom. The van der Waals surface area contributed by atoms with Crippen molar-refractivity contribution in [2.24, 2.45) is 5.92 Å². The summed E-state index contributed by atoms with van der Waals surface area (Å²) in [6.07, 6.45) is 3.52. The van der Waals surface area contributed by atoms with E-state index in [4.69, 9.17) is 4.42 Å². The van der Waals surface area contributed by atoms with Gasteiger partial charge in [0.15, 0.2) is 5.76 Å². The number of likely N-dealkylation sites (tertiary alicyclic amines) is 1. The van der Waals surface area contributed by atoms with Gasteiger partial charge < -0.3 is 20.0 Å². The molecular weight excluding hydrogens is 370 g/mol. The lowest BCUT2D eigenvalue weighted by molar-refractivity contribution is -0.133. The third kappa shape index (κ3) is 5.70. The van der Waals surface area contributed by atoms with Gasteiger partial charge in [-0.15, -0.1) is 0 Å². The Kier molecular flexibility index (Phi) is 6.69. The first-order valence-corrected chi connectivity index (χ1v) is 9.96. The van der Waals surface area contributed by atoms with Crippen molar-refractivity contribution >= 4 is 23.4 Å². The minimum absolute atomic E-state index is 0.0592.